The zero-order valence-electron chi connectivity index (χ0n) is 7.58. The highest BCUT2D eigenvalue weighted by Crippen LogP contribution is 2.64. The Kier molecular flexibility index (Phi) is 2.27. The maximum atomic E-state index is 10.8. The van der Waals surface area contributed by atoms with E-state index in [1.807, 2.05) is 13.8 Å². The van der Waals surface area contributed by atoms with Crippen molar-refractivity contribution in [2.75, 3.05) is 6.61 Å². The topological polar surface area (TPSA) is 57.5 Å². The number of carbonyl (C=O) groups excluding carboxylic acids is 1. The molecule has 1 rings (SSSR count). The molecule has 0 aromatic heterocycles. The first-order valence-electron chi connectivity index (χ1n) is 4.23. The molecule has 0 spiro atoms. The summed E-state index contributed by atoms with van der Waals surface area (Å²) in [5, 5.41) is 17.8. The molecule has 0 aromatic carbocycles. The standard InChI is InChI=1S/C9H16O3/c1-8(2)5-9(8,6-11)3-7(12)4-10/h6-7,10,12H,3-5H2,1-2H3. The first-order valence-corrected chi connectivity index (χ1v) is 4.23. The average molecular weight is 172 g/mol. The van der Waals surface area contributed by atoms with Crippen LogP contribution in [0.2, 0.25) is 0 Å². The maximum absolute atomic E-state index is 10.8. The summed E-state index contributed by atoms with van der Waals surface area (Å²) in [5.41, 5.74) is -0.375. The van der Waals surface area contributed by atoms with Crippen molar-refractivity contribution in [1.29, 1.82) is 0 Å². The van der Waals surface area contributed by atoms with E-state index in [1.165, 1.54) is 0 Å². The molecule has 1 aliphatic rings. The molecule has 3 heteroatoms. The third kappa shape index (κ3) is 1.39. The highest BCUT2D eigenvalue weighted by molar-refractivity contribution is 5.66. The van der Waals surface area contributed by atoms with Crippen molar-refractivity contribution in [1.82, 2.24) is 0 Å². The van der Waals surface area contributed by atoms with Gasteiger partial charge in [0, 0.05) is 5.41 Å². The third-order valence-electron chi connectivity index (χ3n) is 3.02. The Hall–Kier alpha value is -0.410. The lowest BCUT2D eigenvalue weighted by atomic mass is 9.91. The zero-order chi connectivity index (χ0) is 9.41. The molecule has 0 saturated heterocycles. The SMILES string of the molecule is CC1(C)CC1(C=O)CC(O)CO. The molecule has 12 heavy (non-hydrogen) atoms. The summed E-state index contributed by atoms with van der Waals surface area (Å²) in [6, 6.07) is 0. The summed E-state index contributed by atoms with van der Waals surface area (Å²) >= 11 is 0. The van der Waals surface area contributed by atoms with Crippen LogP contribution in [0.1, 0.15) is 26.7 Å². The van der Waals surface area contributed by atoms with E-state index < -0.39 is 6.10 Å². The van der Waals surface area contributed by atoms with Crippen LogP contribution >= 0.6 is 0 Å². The van der Waals surface area contributed by atoms with Crippen molar-refractivity contribution in [2.24, 2.45) is 10.8 Å². The van der Waals surface area contributed by atoms with Crippen LogP contribution in [-0.2, 0) is 4.79 Å². The molecule has 1 aliphatic carbocycles. The Morgan fingerprint density at radius 3 is 2.33 bits per heavy atom. The second kappa shape index (κ2) is 2.82. The van der Waals surface area contributed by atoms with E-state index in [4.69, 9.17) is 5.11 Å². The van der Waals surface area contributed by atoms with E-state index in [-0.39, 0.29) is 17.4 Å². The molecule has 1 saturated carbocycles. The predicted octanol–water partition coefficient (Wildman–Crippen LogP) is 0.345. The minimum Gasteiger partial charge on any atom is -0.394 e. The maximum Gasteiger partial charge on any atom is 0.126 e. The van der Waals surface area contributed by atoms with Crippen molar-refractivity contribution >= 4 is 6.29 Å². The minimum absolute atomic E-state index is 0.00486. The fraction of sp³-hybridized carbons (Fsp3) is 0.889. The van der Waals surface area contributed by atoms with Gasteiger partial charge in [-0.05, 0) is 18.3 Å². The van der Waals surface area contributed by atoms with Crippen molar-refractivity contribution < 1.29 is 15.0 Å². The summed E-state index contributed by atoms with van der Waals surface area (Å²) in [4.78, 5) is 10.8. The van der Waals surface area contributed by atoms with Crippen molar-refractivity contribution in [3.05, 3.63) is 0 Å². The molecule has 0 aliphatic heterocycles. The van der Waals surface area contributed by atoms with Gasteiger partial charge >= 0.3 is 0 Å². The first-order chi connectivity index (χ1) is 5.47. The van der Waals surface area contributed by atoms with Crippen LogP contribution in [0, 0.1) is 10.8 Å². The Bertz CT molecular complexity index is 188. The van der Waals surface area contributed by atoms with Gasteiger partial charge in [-0.1, -0.05) is 13.8 Å². The Balaban J connectivity index is 2.56. The highest BCUT2D eigenvalue weighted by atomic mass is 16.3. The summed E-state index contributed by atoms with van der Waals surface area (Å²) in [6.07, 6.45) is 1.38. The van der Waals surface area contributed by atoms with Crippen LogP contribution in [0.25, 0.3) is 0 Å². The van der Waals surface area contributed by atoms with E-state index in [9.17, 15) is 9.90 Å². The second-order valence-corrected chi connectivity index (χ2v) is 4.38. The van der Waals surface area contributed by atoms with Crippen molar-refractivity contribution in [3.63, 3.8) is 0 Å². The molecule has 0 amide bonds. The molecule has 2 atom stereocenters. The molecular formula is C9H16O3. The van der Waals surface area contributed by atoms with Gasteiger partial charge < -0.3 is 15.0 Å². The number of rotatable bonds is 4. The third-order valence-corrected chi connectivity index (χ3v) is 3.02. The molecule has 0 bridgehead atoms. The monoisotopic (exact) mass is 172 g/mol. The highest BCUT2D eigenvalue weighted by Gasteiger charge is 2.61. The smallest absolute Gasteiger partial charge is 0.126 e. The van der Waals surface area contributed by atoms with Crippen LogP contribution in [0.4, 0.5) is 0 Å². The molecule has 1 fully saturated rings. The van der Waals surface area contributed by atoms with Gasteiger partial charge in [0.05, 0.1) is 12.7 Å². The normalized spacial score (nSPS) is 34.3. The quantitative estimate of drug-likeness (QED) is 0.601. The number of carbonyl (C=O) groups is 1. The molecule has 70 valence electrons. The fourth-order valence-electron chi connectivity index (χ4n) is 1.83. The van der Waals surface area contributed by atoms with Gasteiger partial charge in [0.1, 0.15) is 6.29 Å². The average Bonchev–Trinajstić information content (AvgIpc) is 2.54. The van der Waals surface area contributed by atoms with Gasteiger partial charge in [-0.2, -0.15) is 0 Å². The van der Waals surface area contributed by atoms with E-state index in [2.05, 4.69) is 0 Å². The lowest BCUT2D eigenvalue weighted by Crippen LogP contribution is -2.22. The Morgan fingerprint density at radius 1 is 1.58 bits per heavy atom. The molecular weight excluding hydrogens is 156 g/mol. The van der Waals surface area contributed by atoms with Gasteiger partial charge in [0.2, 0.25) is 0 Å². The zero-order valence-corrected chi connectivity index (χ0v) is 7.58. The van der Waals surface area contributed by atoms with Crippen LogP contribution in [0.5, 0.6) is 0 Å². The van der Waals surface area contributed by atoms with Crippen molar-refractivity contribution in [2.45, 2.75) is 32.8 Å². The number of aldehydes is 1. The molecule has 0 aromatic rings. The van der Waals surface area contributed by atoms with E-state index >= 15 is 0 Å². The van der Waals surface area contributed by atoms with Gasteiger partial charge in [-0.25, -0.2) is 0 Å². The number of aliphatic hydroxyl groups excluding tert-OH is 2. The van der Waals surface area contributed by atoms with Gasteiger partial charge in [0.25, 0.3) is 0 Å². The fourth-order valence-corrected chi connectivity index (χ4v) is 1.83. The van der Waals surface area contributed by atoms with Gasteiger partial charge in [-0.15, -0.1) is 0 Å². The van der Waals surface area contributed by atoms with Crippen LogP contribution < -0.4 is 0 Å². The first kappa shape index (κ1) is 9.68. The largest absolute Gasteiger partial charge is 0.394 e. The number of hydrogen-bond acceptors (Lipinski definition) is 3. The summed E-state index contributed by atoms with van der Waals surface area (Å²) in [6.45, 7) is 3.75. The van der Waals surface area contributed by atoms with E-state index in [1.54, 1.807) is 0 Å². The lowest BCUT2D eigenvalue weighted by molar-refractivity contribution is -0.114. The van der Waals surface area contributed by atoms with Crippen LogP contribution in [0.3, 0.4) is 0 Å². The minimum atomic E-state index is -0.753. The van der Waals surface area contributed by atoms with Gasteiger partial charge in [0.15, 0.2) is 0 Å². The Labute approximate surface area is 72.4 Å². The number of aliphatic hydroxyl groups is 2. The van der Waals surface area contributed by atoms with Gasteiger partial charge in [-0.3, -0.25) is 0 Å². The molecule has 2 N–H and O–H groups in total. The van der Waals surface area contributed by atoms with Crippen LogP contribution in [-0.4, -0.2) is 29.2 Å². The summed E-state index contributed by atoms with van der Waals surface area (Å²) in [7, 11) is 0. The summed E-state index contributed by atoms with van der Waals surface area (Å²) < 4.78 is 0. The molecule has 0 heterocycles. The molecule has 2 unspecified atom stereocenters. The number of hydrogen-bond donors (Lipinski definition) is 2. The van der Waals surface area contributed by atoms with E-state index in [0.29, 0.717) is 6.42 Å². The Morgan fingerprint density at radius 2 is 2.08 bits per heavy atom. The molecule has 3 nitrogen and oxygen atoms in total. The van der Waals surface area contributed by atoms with Crippen molar-refractivity contribution in [3.8, 4) is 0 Å². The molecule has 0 radical (unpaired) electrons. The van der Waals surface area contributed by atoms with E-state index in [0.717, 1.165) is 12.7 Å². The predicted molar refractivity (Wildman–Crippen MR) is 44.6 cm³/mol. The summed E-state index contributed by atoms with van der Waals surface area (Å²) in [5.74, 6) is 0. The van der Waals surface area contributed by atoms with Crippen LogP contribution in [0.15, 0.2) is 0 Å². The lowest BCUT2D eigenvalue weighted by Gasteiger charge is -2.16. The second-order valence-electron chi connectivity index (χ2n) is 4.38.